The Balaban J connectivity index is 1.45. The number of hydrogen-bond acceptors (Lipinski definition) is 2. The molecular formula is C14H24N2O. The van der Waals surface area contributed by atoms with Gasteiger partial charge in [-0.25, -0.2) is 0 Å². The lowest BCUT2D eigenvalue weighted by molar-refractivity contribution is -0.121. The first-order valence-corrected chi connectivity index (χ1v) is 7.23. The standard InChI is InChI=1S/C14H24N2O/c1-3-15-8(2)6-11(17)16-14-12-9-4-5-10(7-9)13(12)14/h8-10,12-15H,3-7H2,1-2H3,(H,16,17). The fourth-order valence-electron chi connectivity index (χ4n) is 4.46. The van der Waals surface area contributed by atoms with E-state index in [1.54, 1.807) is 0 Å². The van der Waals surface area contributed by atoms with Crippen LogP contribution in [0.4, 0.5) is 0 Å². The maximum Gasteiger partial charge on any atom is 0.221 e. The molecule has 3 nitrogen and oxygen atoms in total. The second kappa shape index (κ2) is 4.27. The van der Waals surface area contributed by atoms with E-state index in [0.717, 1.165) is 30.2 Å². The smallest absolute Gasteiger partial charge is 0.221 e. The highest BCUT2D eigenvalue weighted by Crippen LogP contribution is 2.65. The fourth-order valence-corrected chi connectivity index (χ4v) is 4.46. The highest BCUT2D eigenvalue weighted by Gasteiger charge is 2.65. The third-order valence-electron chi connectivity index (χ3n) is 5.11. The Morgan fingerprint density at radius 2 is 1.94 bits per heavy atom. The molecule has 0 aliphatic heterocycles. The molecule has 0 spiro atoms. The second-order valence-corrected chi connectivity index (χ2v) is 6.24. The predicted molar refractivity (Wildman–Crippen MR) is 67.5 cm³/mol. The van der Waals surface area contributed by atoms with E-state index in [9.17, 15) is 4.79 Å². The molecule has 17 heavy (non-hydrogen) atoms. The monoisotopic (exact) mass is 236 g/mol. The lowest BCUT2D eigenvalue weighted by atomic mass is 10.0. The summed E-state index contributed by atoms with van der Waals surface area (Å²) in [4.78, 5) is 11.9. The zero-order chi connectivity index (χ0) is 12.0. The third-order valence-corrected chi connectivity index (χ3v) is 5.11. The molecule has 0 aromatic heterocycles. The van der Waals surface area contributed by atoms with E-state index in [1.165, 1.54) is 19.3 Å². The molecule has 5 unspecified atom stereocenters. The van der Waals surface area contributed by atoms with Gasteiger partial charge in [-0.1, -0.05) is 6.92 Å². The van der Waals surface area contributed by atoms with Crippen molar-refractivity contribution in [1.29, 1.82) is 0 Å². The summed E-state index contributed by atoms with van der Waals surface area (Å²) in [5.74, 6) is 3.85. The Bertz CT molecular complexity index is 301. The molecule has 3 heteroatoms. The van der Waals surface area contributed by atoms with Crippen molar-refractivity contribution in [3.63, 3.8) is 0 Å². The van der Waals surface area contributed by atoms with E-state index >= 15 is 0 Å². The molecule has 3 saturated carbocycles. The minimum absolute atomic E-state index is 0.247. The minimum Gasteiger partial charge on any atom is -0.353 e. The van der Waals surface area contributed by atoms with Gasteiger partial charge in [0.25, 0.3) is 0 Å². The average molecular weight is 236 g/mol. The normalized spacial score (nSPS) is 43.3. The van der Waals surface area contributed by atoms with Gasteiger partial charge in [-0.05, 0) is 56.4 Å². The van der Waals surface area contributed by atoms with Crippen molar-refractivity contribution in [2.24, 2.45) is 23.7 Å². The summed E-state index contributed by atoms with van der Waals surface area (Å²) < 4.78 is 0. The molecule has 2 bridgehead atoms. The third kappa shape index (κ3) is 1.99. The van der Waals surface area contributed by atoms with Crippen molar-refractivity contribution in [2.75, 3.05) is 6.54 Å². The molecule has 3 aliphatic rings. The molecular weight excluding hydrogens is 212 g/mol. The Morgan fingerprint density at radius 1 is 1.29 bits per heavy atom. The summed E-state index contributed by atoms with van der Waals surface area (Å²) >= 11 is 0. The largest absolute Gasteiger partial charge is 0.353 e. The van der Waals surface area contributed by atoms with Gasteiger partial charge in [0.1, 0.15) is 0 Å². The Labute approximate surface area is 104 Å². The second-order valence-electron chi connectivity index (χ2n) is 6.24. The SMILES string of the molecule is CCNC(C)CC(=O)NC1C2C3CCC(C3)C12. The fraction of sp³-hybridized carbons (Fsp3) is 0.929. The van der Waals surface area contributed by atoms with Gasteiger partial charge in [0.05, 0.1) is 0 Å². The van der Waals surface area contributed by atoms with Crippen LogP contribution in [0.3, 0.4) is 0 Å². The summed E-state index contributed by atoms with van der Waals surface area (Å²) in [7, 11) is 0. The van der Waals surface area contributed by atoms with E-state index < -0.39 is 0 Å². The zero-order valence-electron chi connectivity index (χ0n) is 10.9. The Morgan fingerprint density at radius 3 is 2.53 bits per heavy atom. The summed E-state index contributed by atoms with van der Waals surface area (Å²) in [6, 6.07) is 0.845. The summed E-state index contributed by atoms with van der Waals surface area (Å²) in [6.45, 7) is 5.10. The van der Waals surface area contributed by atoms with Crippen LogP contribution >= 0.6 is 0 Å². The van der Waals surface area contributed by atoms with E-state index in [0.29, 0.717) is 18.5 Å². The summed E-state index contributed by atoms with van der Waals surface area (Å²) in [5.41, 5.74) is 0. The maximum atomic E-state index is 11.9. The number of hydrogen-bond donors (Lipinski definition) is 2. The molecule has 5 atom stereocenters. The van der Waals surface area contributed by atoms with Crippen molar-refractivity contribution in [3.05, 3.63) is 0 Å². The first-order chi connectivity index (χ1) is 8.20. The van der Waals surface area contributed by atoms with Crippen LogP contribution in [0.15, 0.2) is 0 Å². The maximum absolute atomic E-state index is 11.9. The van der Waals surface area contributed by atoms with Gasteiger partial charge >= 0.3 is 0 Å². The van der Waals surface area contributed by atoms with Crippen LogP contribution in [0.1, 0.15) is 39.5 Å². The highest BCUT2D eigenvalue weighted by atomic mass is 16.1. The molecule has 0 saturated heterocycles. The molecule has 3 aliphatic carbocycles. The quantitative estimate of drug-likeness (QED) is 0.760. The molecule has 3 rings (SSSR count). The Kier molecular flexibility index (Phi) is 2.89. The van der Waals surface area contributed by atoms with Gasteiger partial charge in [0, 0.05) is 18.5 Å². The molecule has 2 N–H and O–H groups in total. The van der Waals surface area contributed by atoms with Gasteiger partial charge < -0.3 is 10.6 Å². The molecule has 0 aromatic rings. The topological polar surface area (TPSA) is 41.1 Å². The lowest BCUT2D eigenvalue weighted by Crippen LogP contribution is -2.36. The molecule has 1 amide bonds. The molecule has 3 fully saturated rings. The van der Waals surface area contributed by atoms with E-state index in [2.05, 4.69) is 24.5 Å². The number of amides is 1. The van der Waals surface area contributed by atoms with E-state index in [4.69, 9.17) is 0 Å². The van der Waals surface area contributed by atoms with E-state index in [-0.39, 0.29) is 5.91 Å². The number of carbonyl (C=O) groups excluding carboxylic acids is 1. The number of fused-ring (bicyclic) bond motifs is 5. The van der Waals surface area contributed by atoms with Crippen molar-refractivity contribution < 1.29 is 4.79 Å². The average Bonchev–Trinajstić information content (AvgIpc) is 2.70. The van der Waals surface area contributed by atoms with Crippen molar-refractivity contribution >= 4 is 5.91 Å². The zero-order valence-corrected chi connectivity index (χ0v) is 10.9. The summed E-state index contributed by atoms with van der Waals surface area (Å²) in [5, 5.41) is 6.56. The van der Waals surface area contributed by atoms with Crippen LogP contribution in [0.25, 0.3) is 0 Å². The van der Waals surface area contributed by atoms with E-state index in [1.807, 2.05) is 0 Å². The summed E-state index contributed by atoms with van der Waals surface area (Å²) in [6.07, 6.45) is 4.92. The van der Waals surface area contributed by atoms with Gasteiger partial charge in [-0.3, -0.25) is 4.79 Å². The van der Waals surface area contributed by atoms with Crippen LogP contribution in [0.2, 0.25) is 0 Å². The van der Waals surface area contributed by atoms with Crippen LogP contribution in [-0.2, 0) is 4.79 Å². The van der Waals surface area contributed by atoms with Crippen molar-refractivity contribution in [2.45, 2.75) is 51.6 Å². The van der Waals surface area contributed by atoms with Crippen molar-refractivity contribution in [1.82, 2.24) is 10.6 Å². The van der Waals surface area contributed by atoms with Gasteiger partial charge in [0.2, 0.25) is 5.91 Å². The van der Waals surface area contributed by atoms with Crippen molar-refractivity contribution in [3.8, 4) is 0 Å². The van der Waals surface area contributed by atoms with Crippen LogP contribution in [-0.4, -0.2) is 24.5 Å². The van der Waals surface area contributed by atoms with Gasteiger partial charge in [-0.15, -0.1) is 0 Å². The first kappa shape index (κ1) is 11.5. The number of carbonyl (C=O) groups is 1. The van der Waals surface area contributed by atoms with Gasteiger partial charge in [0.15, 0.2) is 0 Å². The first-order valence-electron chi connectivity index (χ1n) is 7.23. The Hall–Kier alpha value is -0.570. The predicted octanol–water partition coefficient (Wildman–Crippen LogP) is 1.54. The minimum atomic E-state index is 0.247. The number of nitrogens with one attached hydrogen (secondary N) is 2. The number of rotatable bonds is 5. The molecule has 96 valence electrons. The van der Waals surface area contributed by atoms with Crippen LogP contribution in [0.5, 0.6) is 0 Å². The molecule has 0 aromatic carbocycles. The lowest BCUT2D eigenvalue weighted by Gasteiger charge is -2.14. The molecule has 0 heterocycles. The van der Waals surface area contributed by atoms with Crippen LogP contribution < -0.4 is 10.6 Å². The highest BCUT2D eigenvalue weighted by molar-refractivity contribution is 5.77. The molecule has 0 radical (unpaired) electrons. The van der Waals surface area contributed by atoms with Crippen LogP contribution in [0, 0.1) is 23.7 Å². The van der Waals surface area contributed by atoms with Gasteiger partial charge in [-0.2, -0.15) is 0 Å².